The van der Waals surface area contributed by atoms with E-state index in [0.717, 1.165) is 22.6 Å². The van der Waals surface area contributed by atoms with E-state index in [-0.39, 0.29) is 0 Å². The largest absolute Gasteiger partial charge is 0.380 e. The van der Waals surface area contributed by atoms with Gasteiger partial charge in [0.1, 0.15) is 0 Å². The molecule has 96 valence electrons. The molecular weight excluding hydrogens is 274 g/mol. The molecule has 0 unspecified atom stereocenters. The summed E-state index contributed by atoms with van der Waals surface area (Å²) in [4.78, 5) is 1.18. The van der Waals surface area contributed by atoms with E-state index >= 15 is 0 Å². The molecule has 0 saturated carbocycles. The number of nitrogens with one attached hydrogen (secondary N) is 1. The lowest BCUT2D eigenvalue weighted by Gasteiger charge is -2.05. The Morgan fingerprint density at radius 1 is 1.11 bits per heavy atom. The molecule has 0 fully saturated rings. The van der Waals surface area contributed by atoms with Crippen molar-refractivity contribution in [3.05, 3.63) is 64.0 Å². The van der Waals surface area contributed by atoms with E-state index in [1.54, 1.807) is 11.3 Å². The predicted octanol–water partition coefficient (Wildman–Crippen LogP) is 5.48. The van der Waals surface area contributed by atoms with Gasteiger partial charge in [-0.1, -0.05) is 41.9 Å². The van der Waals surface area contributed by atoms with E-state index in [2.05, 4.69) is 48.6 Å². The molecule has 3 rings (SSSR count). The van der Waals surface area contributed by atoms with Gasteiger partial charge in [-0.05, 0) is 30.7 Å². The summed E-state index contributed by atoms with van der Waals surface area (Å²) < 4.78 is 1.24. The fraction of sp³-hybridized carbons (Fsp3) is 0.125. The number of thiophene rings is 1. The highest BCUT2D eigenvalue weighted by molar-refractivity contribution is 7.19. The number of anilines is 1. The SMILES string of the molecule is Cc1cccc(NCc2sc3ccccc3c2Cl)c1. The topological polar surface area (TPSA) is 12.0 Å². The molecule has 0 amide bonds. The van der Waals surface area contributed by atoms with Crippen LogP contribution in [0, 0.1) is 6.92 Å². The third kappa shape index (κ3) is 2.60. The Kier molecular flexibility index (Phi) is 3.45. The number of aryl methyl sites for hydroxylation is 1. The summed E-state index contributed by atoms with van der Waals surface area (Å²) in [6.45, 7) is 2.86. The Morgan fingerprint density at radius 2 is 1.95 bits per heavy atom. The van der Waals surface area contributed by atoms with Crippen LogP contribution in [0.1, 0.15) is 10.4 Å². The summed E-state index contributed by atoms with van der Waals surface area (Å²) in [6, 6.07) is 16.6. The van der Waals surface area contributed by atoms with E-state index in [9.17, 15) is 0 Å². The predicted molar refractivity (Wildman–Crippen MR) is 85.3 cm³/mol. The highest BCUT2D eigenvalue weighted by Gasteiger charge is 2.09. The molecule has 3 heteroatoms. The van der Waals surface area contributed by atoms with Crippen molar-refractivity contribution >= 4 is 38.7 Å². The Bertz CT molecular complexity index is 718. The molecule has 1 N–H and O–H groups in total. The lowest BCUT2D eigenvalue weighted by molar-refractivity contribution is 1.19. The Balaban J connectivity index is 1.84. The Hall–Kier alpha value is -1.51. The van der Waals surface area contributed by atoms with Crippen LogP contribution in [0.3, 0.4) is 0 Å². The minimum Gasteiger partial charge on any atom is -0.380 e. The van der Waals surface area contributed by atoms with E-state index in [1.807, 2.05) is 12.1 Å². The van der Waals surface area contributed by atoms with Crippen LogP contribution in [-0.2, 0) is 6.54 Å². The number of hydrogen-bond acceptors (Lipinski definition) is 2. The van der Waals surface area contributed by atoms with Gasteiger partial charge in [-0.15, -0.1) is 11.3 Å². The molecule has 0 spiro atoms. The van der Waals surface area contributed by atoms with E-state index in [1.165, 1.54) is 15.1 Å². The van der Waals surface area contributed by atoms with Gasteiger partial charge >= 0.3 is 0 Å². The first-order valence-corrected chi connectivity index (χ1v) is 7.40. The minimum absolute atomic E-state index is 0.766. The molecule has 0 aliphatic heterocycles. The molecule has 0 bridgehead atoms. The second-order valence-electron chi connectivity index (χ2n) is 4.56. The zero-order chi connectivity index (χ0) is 13.2. The number of benzene rings is 2. The second kappa shape index (κ2) is 5.24. The molecule has 1 aromatic heterocycles. The number of halogens is 1. The molecular formula is C16H14ClNS. The van der Waals surface area contributed by atoms with Crippen molar-refractivity contribution in [2.24, 2.45) is 0 Å². The van der Waals surface area contributed by atoms with Gasteiger partial charge in [0.25, 0.3) is 0 Å². The maximum atomic E-state index is 6.43. The van der Waals surface area contributed by atoms with Crippen LogP contribution in [0.25, 0.3) is 10.1 Å². The molecule has 0 radical (unpaired) electrons. The van der Waals surface area contributed by atoms with Crippen molar-refractivity contribution in [1.82, 2.24) is 0 Å². The highest BCUT2D eigenvalue weighted by atomic mass is 35.5. The van der Waals surface area contributed by atoms with Gasteiger partial charge in [0.2, 0.25) is 0 Å². The van der Waals surface area contributed by atoms with Gasteiger partial charge < -0.3 is 5.32 Å². The maximum Gasteiger partial charge on any atom is 0.0642 e. The van der Waals surface area contributed by atoms with Crippen LogP contribution >= 0.6 is 22.9 Å². The Morgan fingerprint density at radius 3 is 2.74 bits per heavy atom. The molecule has 2 aromatic carbocycles. The molecule has 0 aliphatic rings. The van der Waals surface area contributed by atoms with Gasteiger partial charge in [0.15, 0.2) is 0 Å². The molecule has 3 aromatic rings. The molecule has 1 heterocycles. The van der Waals surface area contributed by atoms with Crippen LogP contribution in [-0.4, -0.2) is 0 Å². The molecule has 19 heavy (non-hydrogen) atoms. The number of hydrogen-bond donors (Lipinski definition) is 1. The van der Waals surface area contributed by atoms with Crippen LogP contribution in [0.5, 0.6) is 0 Å². The van der Waals surface area contributed by atoms with Crippen molar-refractivity contribution in [3.8, 4) is 0 Å². The summed E-state index contributed by atoms with van der Waals surface area (Å²) in [5, 5.41) is 5.45. The van der Waals surface area contributed by atoms with E-state index < -0.39 is 0 Å². The van der Waals surface area contributed by atoms with Gasteiger partial charge in [-0.25, -0.2) is 0 Å². The van der Waals surface area contributed by atoms with Crippen molar-refractivity contribution in [2.45, 2.75) is 13.5 Å². The second-order valence-corrected chi connectivity index (χ2v) is 6.07. The fourth-order valence-corrected chi connectivity index (χ4v) is 3.56. The monoisotopic (exact) mass is 287 g/mol. The average molecular weight is 288 g/mol. The van der Waals surface area contributed by atoms with Gasteiger partial charge in [0, 0.05) is 20.7 Å². The fourth-order valence-electron chi connectivity index (χ4n) is 2.12. The van der Waals surface area contributed by atoms with Crippen molar-refractivity contribution < 1.29 is 0 Å². The lowest BCUT2D eigenvalue weighted by Crippen LogP contribution is -1.97. The molecule has 0 aliphatic carbocycles. The number of fused-ring (bicyclic) bond motifs is 1. The van der Waals surface area contributed by atoms with Gasteiger partial charge in [0.05, 0.1) is 11.6 Å². The lowest BCUT2D eigenvalue weighted by atomic mass is 10.2. The van der Waals surface area contributed by atoms with E-state index in [4.69, 9.17) is 11.6 Å². The summed E-state index contributed by atoms with van der Waals surface area (Å²) in [6.07, 6.45) is 0. The van der Waals surface area contributed by atoms with Gasteiger partial charge in [-0.3, -0.25) is 0 Å². The van der Waals surface area contributed by atoms with Crippen LogP contribution in [0.4, 0.5) is 5.69 Å². The third-order valence-electron chi connectivity index (χ3n) is 3.07. The summed E-state index contributed by atoms with van der Waals surface area (Å²) in [7, 11) is 0. The van der Waals surface area contributed by atoms with Crippen molar-refractivity contribution in [1.29, 1.82) is 0 Å². The average Bonchev–Trinajstić information content (AvgIpc) is 2.74. The molecule has 0 atom stereocenters. The first kappa shape index (κ1) is 12.5. The molecule has 0 saturated heterocycles. The Labute approximate surface area is 121 Å². The van der Waals surface area contributed by atoms with Crippen LogP contribution < -0.4 is 5.32 Å². The first-order valence-electron chi connectivity index (χ1n) is 6.20. The zero-order valence-corrected chi connectivity index (χ0v) is 12.2. The van der Waals surface area contributed by atoms with Gasteiger partial charge in [-0.2, -0.15) is 0 Å². The van der Waals surface area contributed by atoms with E-state index in [0.29, 0.717) is 0 Å². The van der Waals surface area contributed by atoms with Crippen molar-refractivity contribution in [3.63, 3.8) is 0 Å². The third-order valence-corrected chi connectivity index (χ3v) is 4.79. The smallest absolute Gasteiger partial charge is 0.0642 e. The summed E-state index contributed by atoms with van der Waals surface area (Å²) in [5.74, 6) is 0. The maximum absolute atomic E-state index is 6.43. The summed E-state index contributed by atoms with van der Waals surface area (Å²) >= 11 is 8.18. The van der Waals surface area contributed by atoms with Crippen LogP contribution in [0.15, 0.2) is 48.5 Å². The highest BCUT2D eigenvalue weighted by Crippen LogP contribution is 2.35. The number of rotatable bonds is 3. The quantitative estimate of drug-likeness (QED) is 0.673. The molecule has 1 nitrogen and oxygen atoms in total. The van der Waals surface area contributed by atoms with Crippen LogP contribution in [0.2, 0.25) is 5.02 Å². The summed E-state index contributed by atoms with van der Waals surface area (Å²) in [5.41, 5.74) is 2.39. The zero-order valence-electron chi connectivity index (χ0n) is 10.6. The minimum atomic E-state index is 0.766. The standard InChI is InChI=1S/C16H14ClNS/c1-11-5-4-6-12(9-11)18-10-15-16(17)13-7-2-3-8-14(13)19-15/h2-9,18H,10H2,1H3. The van der Waals surface area contributed by atoms with Crippen molar-refractivity contribution in [2.75, 3.05) is 5.32 Å². The normalized spacial score (nSPS) is 10.8. The first-order chi connectivity index (χ1) is 9.24.